The minimum atomic E-state index is -0.166. The molecule has 3 nitrogen and oxygen atoms in total. The van der Waals surface area contributed by atoms with Crippen molar-refractivity contribution in [1.82, 2.24) is 10.2 Å². The van der Waals surface area contributed by atoms with Crippen LogP contribution >= 0.6 is 0 Å². The molecule has 1 aliphatic heterocycles. The van der Waals surface area contributed by atoms with Crippen LogP contribution in [-0.4, -0.2) is 48.3 Å². The van der Waals surface area contributed by atoms with E-state index in [-0.39, 0.29) is 6.10 Å². The highest BCUT2D eigenvalue weighted by atomic mass is 16.3. The van der Waals surface area contributed by atoms with Gasteiger partial charge in [-0.05, 0) is 45.7 Å². The summed E-state index contributed by atoms with van der Waals surface area (Å²) in [7, 11) is 0. The van der Waals surface area contributed by atoms with Crippen LogP contribution in [0, 0.1) is 0 Å². The van der Waals surface area contributed by atoms with Crippen LogP contribution in [0.4, 0.5) is 0 Å². The van der Waals surface area contributed by atoms with Gasteiger partial charge in [-0.1, -0.05) is 6.92 Å². The lowest BCUT2D eigenvalue weighted by Crippen LogP contribution is -2.39. The molecule has 0 amide bonds. The number of aliphatic hydroxyl groups is 1. The summed E-state index contributed by atoms with van der Waals surface area (Å²) in [6.45, 7) is 8.62. The molecule has 0 aromatic carbocycles. The summed E-state index contributed by atoms with van der Waals surface area (Å²) in [5.41, 5.74) is 0. The maximum absolute atomic E-state index is 9.29. The first-order valence-electron chi connectivity index (χ1n) is 6.36. The molecule has 1 aliphatic rings. The van der Waals surface area contributed by atoms with Crippen molar-refractivity contribution in [1.29, 1.82) is 0 Å². The summed E-state index contributed by atoms with van der Waals surface area (Å²) >= 11 is 0. The molecule has 1 saturated heterocycles. The number of nitrogens with one attached hydrogen (secondary N) is 1. The highest BCUT2D eigenvalue weighted by molar-refractivity contribution is 4.78. The third kappa shape index (κ3) is 5.50. The summed E-state index contributed by atoms with van der Waals surface area (Å²) in [6, 6.07) is 0.686. The van der Waals surface area contributed by atoms with Gasteiger partial charge in [0.05, 0.1) is 6.10 Å². The second-order valence-electron chi connectivity index (χ2n) is 4.73. The minimum absolute atomic E-state index is 0.166. The number of hydrogen-bond donors (Lipinski definition) is 2. The third-order valence-corrected chi connectivity index (χ3v) is 3.04. The molecule has 15 heavy (non-hydrogen) atoms. The standard InChI is InChI=1S/C12H26N2O/c1-3-8-14(9-6-11(2)15)10-12-5-4-7-13-12/h11-13,15H,3-10H2,1-2H3. The smallest absolute Gasteiger partial charge is 0.0524 e. The number of rotatable bonds is 7. The van der Waals surface area contributed by atoms with E-state index >= 15 is 0 Å². The minimum Gasteiger partial charge on any atom is -0.393 e. The zero-order chi connectivity index (χ0) is 11.1. The van der Waals surface area contributed by atoms with E-state index in [2.05, 4.69) is 17.1 Å². The number of aliphatic hydroxyl groups excluding tert-OH is 1. The van der Waals surface area contributed by atoms with Gasteiger partial charge in [0.1, 0.15) is 0 Å². The molecule has 2 N–H and O–H groups in total. The van der Waals surface area contributed by atoms with E-state index in [1.54, 1.807) is 0 Å². The van der Waals surface area contributed by atoms with Crippen molar-refractivity contribution in [3.8, 4) is 0 Å². The zero-order valence-electron chi connectivity index (χ0n) is 10.2. The molecule has 90 valence electrons. The molecule has 2 unspecified atom stereocenters. The fourth-order valence-electron chi connectivity index (χ4n) is 2.20. The van der Waals surface area contributed by atoms with Crippen LogP contribution in [0.3, 0.4) is 0 Å². The van der Waals surface area contributed by atoms with Gasteiger partial charge in [-0.25, -0.2) is 0 Å². The van der Waals surface area contributed by atoms with Crippen LogP contribution in [0.1, 0.15) is 39.5 Å². The average Bonchev–Trinajstić information content (AvgIpc) is 2.67. The average molecular weight is 214 g/mol. The molecule has 1 rings (SSSR count). The summed E-state index contributed by atoms with van der Waals surface area (Å²) in [5, 5.41) is 12.8. The molecule has 1 heterocycles. The van der Waals surface area contributed by atoms with Crippen molar-refractivity contribution in [2.75, 3.05) is 26.2 Å². The Morgan fingerprint density at radius 3 is 2.80 bits per heavy atom. The van der Waals surface area contributed by atoms with Gasteiger partial charge in [-0.15, -0.1) is 0 Å². The first-order valence-corrected chi connectivity index (χ1v) is 6.36. The normalized spacial score (nSPS) is 23.6. The molecule has 3 heteroatoms. The van der Waals surface area contributed by atoms with Crippen molar-refractivity contribution in [3.63, 3.8) is 0 Å². The molecule has 0 spiro atoms. The van der Waals surface area contributed by atoms with Gasteiger partial charge in [-0.3, -0.25) is 0 Å². The van der Waals surface area contributed by atoms with Gasteiger partial charge in [0.2, 0.25) is 0 Å². The van der Waals surface area contributed by atoms with Gasteiger partial charge in [0.25, 0.3) is 0 Å². The fourth-order valence-corrected chi connectivity index (χ4v) is 2.20. The van der Waals surface area contributed by atoms with Crippen LogP contribution in [0.25, 0.3) is 0 Å². The fraction of sp³-hybridized carbons (Fsp3) is 1.00. The van der Waals surface area contributed by atoms with Gasteiger partial charge in [-0.2, -0.15) is 0 Å². The quantitative estimate of drug-likeness (QED) is 0.669. The summed E-state index contributed by atoms with van der Waals surface area (Å²) in [4.78, 5) is 2.48. The predicted octanol–water partition coefficient (Wildman–Crippen LogP) is 1.22. The lowest BCUT2D eigenvalue weighted by Gasteiger charge is -2.25. The van der Waals surface area contributed by atoms with Crippen molar-refractivity contribution in [3.05, 3.63) is 0 Å². The lowest BCUT2D eigenvalue weighted by molar-refractivity contribution is 0.151. The van der Waals surface area contributed by atoms with Gasteiger partial charge < -0.3 is 15.3 Å². The summed E-state index contributed by atoms with van der Waals surface area (Å²) in [5.74, 6) is 0. The Bertz CT molecular complexity index is 156. The Hall–Kier alpha value is -0.120. The number of nitrogens with zero attached hydrogens (tertiary/aromatic N) is 1. The van der Waals surface area contributed by atoms with Crippen molar-refractivity contribution >= 4 is 0 Å². The molecular weight excluding hydrogens is 188 g/mol. The molecule has 2 atom stereocenters. The van der Waals surface area contributed by atoms with E-state index < -0.39 is 0 Å². The predicted molar refractivity (Wildman–Crippen MR) is 64.1 cm³/mol. The Morgan fingerprint density at radius 1 is 1.47 bits per heavy atom. The van der Waals surface area contributed by atoms with Crippen LogP contribution in [0.5, 0.6) is 0 Å². The van der Waals surface area contributed by atoms with E-state index in [4.69, 9.17) is 0 Å². The molecule has 0 radical (unpaired) electrons. The van der Waals surface area contributed by atoms with E-state index in [9.17, 15) is 5.11 Å². The third-order valence-electron chi connectivity index (χ3n) is 3.04. The molecule has 1 fully saturated rings. The zero-order valence-corrected chi connectivity index (χ0v) is 10.2. The first-order chi connectivity index (χ1) is 7.22. The Morgan fingerprint density at radius 2 is 2.27 bits per heavy atom. The molecule has 0 aromatic heterocycles. The Kier molecular flexibility index (Phi) is 6.22. The molecule has 0 aliphatic carbocycles. The second kappa shape index (κ2) is 7.20. The van der Waals surface area contributed by atoms with Crippen molar-refractivity contribution in [2.45, 2.75) is 51.7 Å². The SMILES string of the molecule is CCCN(CCC(C)O)CC1CCCN1. The van der Waals surface area contributed by atoms with Crippen LogP contribution < -0.4 is 5.32 Å². The largest absolute Gasteiger partial charge is 0.393 e. The monoisotopic (exact) mass is 214 g/mol. The second-order valence-corrected chi connectivity index (χ2v) is 4.73. The lowest BCUT2D eigenvalue weighted by atomic mass is 10.2. The van der Waals surface area contributed by atoms with Crippen LogP contribution in [0.15, 0.2) is 0 Å². The van der Waals surface area contributed by atoms with E-state index in [1.165, 1.54) is 25.8 Å². The van der Waals surface area contributed by atoms with Crippen LogP contribution in [-0.2, 0) is 0 Å². The maximum atomic E-state index is 9.29. The van der Waals surface area contributed by atoms with Crippen molar-refractivity contribution < 1.29 is 5.11 Å². The van der Waals surface area contributed by atoms with Gasteiger partial charge in [0, 0.05) is 19.1 Å². The van der Waals surface area contributed by atoms with E-state index in [1.807, 2.05) is 6.92 Å². The first kappa shape index (κ1) is 12.9. The highest BCUT2D eigenvalue weighted by Crippen LogP contribution is 2.08. The molecule has 0 aromatic rings. The summed E-state index contributed by atoms with van der Waals surface area (Å²) in [6.07, 6.45) is 4.57. The van der Waals surface area contributed by atoms with Gasteiger partial charge >= 0.3 is 0 Å². The highest BCUT2D eigenvalue weighted by Gasteiger charge is 2.17. The maximum Gasteiger partial charge on any atom is 0.0524 e. The Balaban J connectivity index is 2.22. The van der Waals surface area contributed by atoms with Crippen LogP contribution in [0.2, 0.25) is 0 Å². The topological polar surface area (TPSA) is 35.5 Å². The molecule has 0 bridgehead atoms. The van der Waals surface area contributed by atoms with E-state index in [0.29, 0.717) is 6.04 Å². The van der Waals surface area contributed by atoms with Gasteiger partial charge in [0.15, 0.2) is 0 Å². The summed E-state index contributed by atoms with van der Waals surface area (Å²) < 4.78 is 0. The molecule has 0 saturated carbocycles. The Labute approximate surface area is 93.9 Å². The van der Waals surface area contributed by atoms with Crippen molar-refractivity contribution in [2.24, 2.45) is 0 Å². The molecular formula is C12H26N2O. The van der Waals surface area contributed by atoms with E-state index in [0.717, 1.165) is 26.1 Å². The number of hydrogen-bond acceptors (Lipinski definition) is 3.